The number of nitrogens with zero attached hydrogens (tertiary/aromatic N) is 1. The number of aromatic nitrogens is 1. The zero-order valence-corrected chi connectivity index (χ0v) is 6.73. The Morgan fingerprint density at radius 1 is 1.58 bits per heavy atom. The first-order valence-electron chi connectivity index (χ1n) is 3.81. The molecule has 0 saturated heterocycles. The summed E-state index contributed by atoms with van der Waals surface area (Å²) in [5.41, 5.74) is 5.45. The average molecular weight is 168 g/mol. The zero-order valence-electron chi connectivity index (χ0n) is 6.73. The summed E-state index contributed by atoms with van der Waals surface area (Å²) < 4.78 is 1.49. The molecule has 0 aliphatic rings. The zero-order chi connectivity index (χ0) is 8.97. The first-order chi connectivity index (χ1) is 5.75. The van der Waals surface area contributed by atoms with Crippen molar-refractivity contribution in [1.82, 2.24) is 4.57 Å². The van der Waals surface area contributed by atoms with Gasteiger partial charge in [0.25, 0.3) is 5.56 Å². The number of anilines is 1. The monoisotopic (exact) mass is 168 g/mol. The van der Waals surface area contributed by atoms with Gasteiger partial charge in [-0.05, 0) is 18.6 Å². The normalized spacial score (nSPS) is 10.1. The Bertz CT molecular complexity index is 306. The van der Waals surface area contributed by atoms with Gasteiger partial charge in [0.2, 0.25) is 0 Å². The number of hydrogen-bond acceptors (Lipinski definition) is 3. The van der Waals surface area contributed by atoms with Crippen LogP contribution in [0.5, 0.6) is 0 Å². The molecule has 0 radical (unpaired) electrons. The smallest absolute Gasteiger partial charge is 0.273 e. The van der Waals surface area contributed by atoms with Gasteiger partial charge in [0, 0.05) is 19.3 Å². The molecule has 0 bridgehead atoms. The molecule has 4 heteroatoms. The highest BCUT2D eigenvalue weighted by molar-refractivity contribution is 5.33. The van der Waals surface area contributed by atoms with Crippen LogP contribution in [0.2, 0.25) is 0 Å². The summed E-state index contributed by atoms with van der Waals surface area (Å²) in [5, 5.41) is 8.54. The fourth-order valence-electron chi connectivity index (χ4n) is 0.973. The van der Waals surface area contributed by atoms with Crippen LogP contribution < -0.4 is 11.3 Å². The summed E-state index contributed by atoms with van der Waals surface area (Å²) in [5.74, 6) is 0. The molecule has 0 amide bonds. The fraction of sp³-hybridized carbons (Fsp3) is 0.375. The number of rotatable bonds is 3. The minimum atomic E-state index is -0.189. The Morgan fingerprint density at radius 3 is 3.00 bits per heavy atom. The van der Waals surface area contributed by atoms with Crippen molar-refractivity contribution in [2.45, 2.75) is 13.0 Å². The second-order valence-electron chi connectivity index (χ2n) is 2.54. The van der Waals surface area contributed by atoms with Crippen LogP contribution in [0.25, 0.3) is 0 Å². The van der Waals surface area contributed by atoms with Gasteiger partial charge in [0.05, 0.1) is 5.69 Å². The van der Waals surface area contributed by atoms with Gasteiger partial charge in [-0.15, -0.1) is 0 Å². The summed E-state index contributed by atoms with van der Waals surface area (Å²) in [4.78, 5) is 11.2. The maximum Gasteiger partial charge on any atom is 0.273 e. The van der Waals surface area contributed by atoms with Crippen LogP contribution in [0.3, 0.4) is 0 Å². The van der Waals surface area contributed by atoms with E-state index < -0.39 is 0 Å². The van der Waals surface area contributed by atoms with Crippen LogP contribution in [0.4, 0.5) is 5.69 Å². The molecule has 0 spiro atoms. The Hall–Kier alpha value is -1.29. The molecule has 0 aliphatic carbocycles. The van der Waals surface area contributed by atoms with E-state index in [1.54, 1.807) is 18.3 Å². The Labute approximate surface area is 70.3 Å². The standard InChI is InChI=1S/C8H12N2O2/c9-7-3-1-4-10(8(7)12)5-2-6-11/h1,3-4,11H,2,5-6,9H2. The van der Waals surface area contributed by atoms with E-state index in [1.165, 1.54) is 4.57 Å². The minimum absolute atomic E-state index is 0.0846. The molecule has 12 heavy (non-hydrogen) atoms. The fourth-order valence-corrected chi connectivity index (χ4v) is 0.973. The van der Waals surface area contributed by atoms with Crippen LogP contribution in [-0.2, 0) is 6.54 Å². The van der Waals surface area contributed by atoms with Crippen LogP contribution in [-0.4, -0.2) is 16.3 Å². The molecule has 66 valence electrons. The SMILES string of the molecule is Nc1cccn(CCCO)c1=O. The first-order valence-corrected chi connectivity index (χ1v) is 3.81. The van der Waals surface area contributed by atoms with Crippen LogP contribution >= 0.6 is 0 Å². The van der Waals surface area contributed by atoms with E-state index in [0.29, 0.717) is 13.0 Å². The second-order valence-corrected chi connectivity index (χ2v) is 2.54. The molecule has 0 fully saturated rings. The Kier molecular flexibility index (Phi) is 2.88. The van der Waals surface area contributed by atoms with E-state index >= 15 is 0 Å². The Balaban J connectivity index is 2.85. The minimum Gasteiger partial charge on any atom is -0.396 e. The second kappa shape index (κ2) is 3.92. The molecule has 1 aromatic rings. The van der Waals surface area contributed by atoms with Crippen molar-refractivity contribution in [3.8, 4) is 0 Å². The van der Waals surface area contributed by atoms with E-state index in [1.807, 2.05) is 0 Å². The third-order valence-corrected chi connectivity index (χ3v) is 1.61. The van der Waals surface area contributed by atoms with Crippen molar-refractivity contribution in [2.24, 2.45) is 0 Å². The van der Waals surface area contributed by atoms with Gasteiger partial charge in [0.1, 0.15) is 0 Å². The van der Waals surface area contributed by atoms with Gasteiger partial charge < -0.3 is 15.4 Å². The lowest BCUT2D eigenvalue weighted by Gasteiger charge is -2.03. The number of nitrogens with two attached hydrogens (primary N) is 1. The average Bonchev–Trinajstić information content (AvgIpc) is 2.08. The summed E-state index contributed by atoms with van der Waals surface area (Å²) >= 11 is 0. The molecule has 3 N–H and O–H groups in total. The molecule has 1 aromatic heterocycles. The van der Waals surface area contributed by atoms with E-state index in [-0.39, 0.29) is 17.9 Å². The van der Waals surface area contributed by atoms with Crippen molar-refractivity contribution in [1.29, 1.82) is 0 Å². The van der Waals surface area contributed by atoms with Gasteiger partial charge in [0.15, 0.2) is 0 Å². The van der Waals surface area contributed by atoms with Crippen molar-refractivity contribution >= 4 is 5.69 Å². The topological polar surface area (TPSA) is 68.2 Å². The molecule has 0 saturated carbocycles. The molecule has 0 aromatic carbocycles. The number of aliphatic hydroxyl groups excluding tert-OH is 1. The summed E-state index contributed by atoms with van der Waals surface area (Å²) in [7, 11) is 0. The van der Waals surface area contributed by atoms with Gasteiger partial charge in [-0.25, -0.2) is 0 Å². The molecule has 4 nitrogen and oxygen atoms in total. The van der Waals surface area contributed by atoms with Crippen molar-refractivity contribution in [3.63, 3.8) is 0 Å². The van der Waals surface area contributed by atoms with Crippen LogP contribution in [0, 0.1) is 0 Å². The summed E-state index contributed by atoms with van der Waals surface area (Å²) in [6.45, 7) is 0.599. The van der Waals surface area contributed by atoms with Crippen LogP contribution in [0.1, 0.15) is 6.42 Å². The maximum absolute atomic E-state index is 11.2. The third kappa shape index (κ3) is 1.85. The predicted octanol–water partition coefficient (Wildman–Crippen LogP) is -0.187. The summed E-state index contributed by atoms with van der Waals surface area (Å²) in [6.07, 6.45) is 2.23. The quantitative estimate of drug-likeness (QED) is 0.657. The lowest BCUT2D eigenvalue weighted by atomic mass is 10.4. The molecule has 1 rings (SSSR count). The van der Waals surface area contributed by atoms with E-state index in [4.69, 9.17) is 10.8 Å². The van der Waals surface area contributed by atoms with E-state index in [9.17, 15) is 4.79 Å². The molecular formula is C8H12N2O2. The van der Waals surface area contributed by atoms with E-state index in [0.717, 1.165) is 0 Å². The number of nitrogen functional groups attached to an aromatic ring is 1. The predicted molar refractivity (Wildman–Crippen MR) is 46.8 cm³/mol. The Morgan fingerprint density at radius 2 is 2.33 bits per heavy atom. The lowest BCUT2D eigenvalue weighted by molar-refractivity contribution is 0.279. The molecule has 1 heterocycles. The van der Waals surface area contributed by atoms with Gasteiger partial charge in [-0.1, -0.05) is 0 Å². The van der Waals surface area contributed by atoms with Crippen molar-refractivity contribution in [2.75, 3.05) is 12.3 Å². The van der Waals surface area contributed by atoms with Gasteiger partial charge >= 0.3 is 0 Å². The lowest BCUT2D eigenvalue weighted by Crippen LogP contribution is -2.22. The first kappa shape index (κ1) is 8.80. The molecule has 0 aliphatic heterocycles. The maximum atomic E-state index is 11.2. The van der Waals surface area contributed by atoms with Crippen LogP contribution in [0.15, 0.2) is 23.1 Å². The number of aliphatic hydroxyl groups is 1. The number of aryl methyl sites for hydroxylation is 1. The molecule has 0 atom stereocenters. The highest BCUT2D eigenvalue weighted by atomic mass is 16.3. The number of pyridine rings is 1. The van der Waals surface area contributed by atoms with Crippen molar-refractivity contribution in [3.05, 3.63) is 28.7 Å². The third-order valence-electron chi connectivity index (χ3n) is 1.61. The van der Waals surface area contributed by atoms with Gasteiger partial charge in [-0.3, -0.25) is 4.79 Å². The van der Waals surface area contributed by atoms with E-state index in [2.05, 4.69) is 0 Å². The summed E-state index contributed by atoms with van der Waals surface area (Å²) in [6, 6.07) is 3.28. The van der Waals surface area contributed by atoms with Crippen molar-refractivity contribution < 1.29 is 5.11 Å². The van der Waals surface area contributed by atoms with Gasteiger partial charge in [-0.2, -0.15) is 0 Å². The molecular weight excluding hydrogens is 156 g/mol. The number of hydrogen-bond donors (Lipinski definition) is 2. The highest BCUT2D eigenvalue weighted by Gasteiger charge is 1.97. The largest absolute Gasteiger partial charge is 0.396 e. The highest BCUT2D eigenvalue weighted by Crippen LogP contribution is 1.92. The molecule has 0 unspecified atom stereocenters.